The van der Waals surface area contributed by atoms with Gasteiger partial charge in [-0.2, -0.15) is 0 Å². The van der Waals surface area contributed by atoms with Crippen molar-refractivity contribution in [3.05, 3.63) is 42.6 Å². The Bertz CT molecular complexity index is 382. The molecule has 0 spiro atoms. The maximum Gasteiger partial charge on any atom is 0.0382 e. The van der Waals surface area contributed by atoms with Gasteiger partial charge in [0.2, 0.25) is 0 Å². The molecule has 0 bridgehead atoms. The molecule has 0 unspecified atom stereocenters. The van der Waals surface area contributed by atoms with Gasteiger partial charge >= 0.3 is 0 Å². The SMILES string of the molecule is C=CNc1cccc(CCN2CCN(C)CC2)c1.CC. The lowest BCUT2D eigenvalue weighted by atomic mass is 10.1. The summed E-state index contributed by atoms with van der Waals surface area (Å²) in [7, 11) is 2.20. The maximum atomic E-state index is 3.69. The van der Waals surface area contributed by atoms with Crippen LogP contribution in [-0.4, -0.2) is 49.6 Å². The van der Waals surface area contributed by atoms with Crippen LogP contribution in [0.3, 0.4) is 0 Å². The average molecular weight is 275 g/mol. The van der Waals surface area contributed by atoms with Gasteiger partial charge in [0.25, 0.3) is 0 Å². The summed E-state index contributed by atoms with van der Waals surface area (Å²) in [5.41, 5.74) is 2.52. The Hall–Kier alpha value is -1.32. The van der Waals surface area contributed by atoms with Crippen molar-refractivity contribution in [1.82, 2.24) is 9.80 Å². The number of rotatable bonds is 5. The topological polar surface area (TPSA) is 18.5 Å². The van der Waals surface area contributed by atoms with Crippen molar-refractivity contribution in [2.75, 3.05) is 45.1 Å². The molecule has 112 valence electrons. The summed E-state index contributed by atoms with van der Waals surface area (Å²) in [5.74, 6) is 0. The van der Waals surface area contributed by atoms with E-state index in [9.17, 15) is 0 Å². The zero-order chi connectivity index (χ0) is 14.8. The van der Waals surface area contributed by atoms with E-state index in [0.717, 1.165) is 18.7 Å². The van der Waals surface area contributed by atoms with Crippen molar-refractivity contribution < 1.29 is 0 Å². The quantitative estimate of drug-likeness (QED) is 0.891. The predicted octanol–water partition coefficient (Wildman–Crippen LogP) is 3.06. The van der Waals surface area contributed by atoms with E-state index >= 15 is 0 Å². The second-order valence-electron chi connectivity index (χ2n) is 4.94. The smallest absolute Gasteiger partial charge is 0.0382 e. The van der Waals surface area contributed by atoms with E-state index in [1.54, 1.807) is 6.20 Å². The Morgan fingerprint density at radius 2 is 1.90 bits per heavy atom. The van der Waals surface area contributed by atoms with Gasteiger partial charge in [0.05, 0.1) is 0 Å². The molecule has 3 nitrogen and oxygen atoms in total. The van der Waals surface area contributed by atoms with Crippen molar-refractivity contribution in [2.24, 2.45) is 0 Å². The van der Waals surface area contributed by atoms with E-state index in [2.05, 4.69) is 53.0 Å². The highest BCUT2D eigenvalue weighted by atomic mass is 15.2. The zero-order valence-corrected chi connectivity index (χ0v) is 13.2. The first-order valence-corrected chi connectivity index (χ1v) is 7.65. The lowest BCUT2D eigenvalue weighted by molar-refractivity contribution is 0.155. The summed E-state index contributed by atoms with van der Waals surface area (Å²) in [6.07, 6.45) is 2.84. The van der Waals surface area contributed by atoms with Gasteiger partial charge in [0.1, 0.15) is 0 Å². The van der Waals surface area contributed by atoms with Gasteiger partial charge in [-0.1, -0.05) is 32.6 Å². The highest BCUT2D eigenvalue weighted by Crippen LogP contribution is 2.12. The van der Waals surface area contributed by atoms with Crippen LogP contribution in [0.2, 0.25) is 0 Å². The molecule has 1 heterocycles. The van der Waals surface area contributed by atoms with Crippen LogP contribution in [-0.2, 0) is 6.42 Å². The largest absolute Gasteiger partial charge is 0.362 e. The van der Waals surface area contributed by atoms with Crippen LogP contribution in [0.4, 0.5) is 5.69 Å². The van der Waals surface area contributed by atoms with E-state index in [-0.39, 0.29) is 0 Å². The van der Waals surface area contributed by atoms with Crippen LogP contribution >= 0.6 is 0 Å². The molecule has 1 N–H and O–H groups in total. The Balaban J connectivity index is 0.000000956. The molecular weight excluding hydrogens is 246 g/mol. The van der Waals surface area contributed by atoms with E-state index in [0.29, 0.717) is 0 Å². The molecule has 0 amide bonds. The van der Waals surface area contributed by atoms with Gasteiger partial charge in [-0.25, -0.2) is 0 Å². The number of benzene rings is 1. The average Bonchev–Trinajstić information content (AvgIpc) is 2.50. The Labute approximate surface area is 124 Å². The Morgan fingerprint density at radius 3 is 2.55 bits per heavy atom. The van der Waals surface area contributed by atoms with Crippen molar-refractivity contribution in [3.8, 4) is 0 Å². The van der Waals surface area contributed by atoms with Crippen molar-refractivity contribution in [2.45, 2.75) is 20.3 Å². The maximum absolute atomic E-state index is 3.69. The zero-order valence-electron chi connectivity index (χ0n) is 13.2. The van der Waals surface area contributed by atoms with Crippen LogP contribution in [0.15, 0.2) is 37.0 Å². The van der Waals surface area contributed by atoms with Crippen molar-refractivity contribution in [3.63, 3.8) is 0 Å². The molecule has 1 aromatic rings. The molecule has 20 heavy (non-hydrogen) atoms. The Morgan fingerprint density at radius 1 is 1.20 bits per heavy atom. The number of hydrogen-bond acceptors (Lipinski definition) is 3. The third-order valence-electron chi connectivity index (χ3n) is 3.51. The van der Waals surface area contributed by atoms with E-state index < -0.39 is 0 Å². The van der Waals surface area contributed by atoms with Gasteiger partial charge in [-0.15, -0.1) is 0 Å². The first kappa shape index (κ1) is 16.7. The molecule has 2 rings (SSSR count). The molecule has 3 heteroatoms. The molecule has 1 fully saturated rings. The summed E-state index contributed by atoms with van der Waals surface area (Å²) >= 11 is 0. The second-order valence-corrected chi connectivity index (χ2v) is 4.94. The number of anilines is 1. The number of likely N-dealkylation sites (N-methyl/N-ethyl adjacent to an activating group) is 1. The monoisotopic (exact) mass is 275 g/mol. The van der Waals surface area contributed by atoms with Crippen LogP contribution in [0.25, 0.3) is 0 Å². The summed E-state index contributed by atoms with van der Waals surface area (Å²) in [5, 5.41) is 3.14. The third kappa shape index (κ3) is 5.76. The molecule has 1 saturated heterocycles. The fourth-order valence-electron chi connectivity index (χ4n) is 2.29. The highest BCUT2D eigenvalue weighted by Gasteiger charge is 2.12. The molecule has 1 aliphatic rings. The summed E-state index contributed by atoms with van der Waals surface area (Å²) in [4.78, 5) is 4.94. The first-order chi connectivity index (χ1) is 9.78. The molecule has 0 atom stereocenters. The molecule has 1 aliphatic heterocycles. The minimum atomic E-state index is 1.12. The first-order valence-electron chi connectivity index (χ1n) is 7.65. The molecular formula is C17H29N3. The number of nitrogens with one attached hydrogen (secondary N) is 1. The molecule has 0 aromatic heterocycles. The van der Waals surface area contributed by atoms with Gasteiger partial charge in [-0.05, 0) is 37.4 Å². The van der Waals surface area contributed by atoms with Crippen LogP contribution in [0.1, 0.15) is 19.4 Å². The lowest BCUT2D eigenvalue weighted by Gasteiger charge is -2.32. The van der Waals surface area contributed by atoms with Gasteiger partial charge < -0.3 is 15.1 Å². The fraction of sp³-hybridized carbons (Fsp3) is 0.529. The Kier molecular flexibility index (Phi) is 8.00. The minimum Gasteiger partial charge on any atom is -0.362 e. The molecule has 0 saturated carbocycles. The minimum absolute atomic E-state index is 1.12. The normalized spacial score (nSPS) is 16.1. The second kappa shape index (κ2) is 9.56. The standard InChI is InChI=1S/C15H23N3.C2H6/c1-3-16-15-6-4-5-14(13-15)7-8-18-11-9-17(2)10-12-18;1-2/h3-6,13,16H,1,7-12H2,2H3;1-2H3. The highest BCUT2D eigenvalue weighted by molar-refractivity contribution is 5.47. The lowest BCUT2D eigenvalue weighted by Crippen LogP contribution is -2.45. The predicted molar refractivity (Wildman–Crippen MR) is 89.3 cm³/mol. The number of piperazine rings is 1. The fourth-order valence-corrected chi connectivity index (χ4v) is 2.29. The summed E-state index contributed by atoms with van der Waals surface area (Å²) < 4.78 is 0. The van der Waals surface area contributed by atoms with E-state index in [1.165, 1.54) is 31.7 Å². The summed E-state index contributed by atoms with van der Waals surface area (Å²) in [6.45, 7) is 13.6. The molecule has 0 aliphatic carbocycles. The molecule has 0 radical (unpaired) electrons. The van der Waals surface area contributed by atoms with Crippen LogP contribution in [0.5, 0.6) is 0 Å². The van der Waals surface area contributed by atoms with Crippen molar-refractivity contribution in [1.29, 1.82) is 0 Å². The third-order valence-corrected chi connectivity index (χ3v) is 3.51. The van der Waals surface area contributed by atoms with Gasteiger partial charge in [0.15, 0.2) is 0 Å². The van der Waals surface area contributed by atoms with Gasteiger partial charge in [-0.3, -0.25) is 0 Å². The van der Waals surface area contributed by atoms with E-state index in [1.807, 2.05) is 13.8 Å². The van der Waals surface area contributed by atoms with Crippen molar-refractivity contribution >= 4 is 5.69 Å². The van der Waals surface area contributed by atoms with Gasteiger partial charge in [0, 0.05) is 38.4 Å². The van der Waals surface area contributed by atoms with Crippen LogP contribution in [0, 0.1) is 0 Å². The van der Waals surface area contributed by atoms with Crippen LogP contribution < -0.4 is 5.32 Å². The number of hydrogen-bond donors (Lipinski definition) is 1. The van der Waals surface area contributed by atoms with E-state index in [4.69, 9.17) is 0 Å². The number of nitrogens with zero attached hydrogens (tertiary/aromatic N) is 2. The molecule has 1 aromatic carbocycles. The summed E-state index contributed by atoms with van der Waals surface area (Å²) in [6, 6.07) is 8.58.